The molecule has 1 heterocycles. The van der Waals surface area contributed by atoms with Crippen molar-refractivity contribution in [3.05, 3.63) is 24.5 Å². The van der Waals surface area contributed by atoms with E-state index in [1.54, 1.807) is 17.3 Å². The third kappa shape index (κ3) is 4.99. The second-order valence-electron chi connectivity index (χ2n) is 5.55. The summed E-state index contributed by atoms with van der Waals surface area (Å²) >= 11 is 0. The molecule has 0 saturated heterocycles. The molecule has 0 aromatic carbocycles. The number of hydrogen-bond donors (Lipinski definition) is 1. The minimum absolute atomic E-state index is 0.127. The van der Waals surface area contributed by atoms with Crippen LogP contribution in [0.2, 0.25) is 0 Å². The highest BCUT2D eigenvalue weighted by molar-refractivity contribution is 5.93. The summed E-state index contributed by atoms with van der Waals surface area (Å²) in [5.41, 5.74) is 6.64. The van der Waals surface area contributed by atoms with Crippen LogP contribution in [-0.2, 0) is 4.79 Å². The Morgan fingerprint density at radius 1 is 1.32 bits per heavy atom. The SMILES string of the molecule is CCN(C(=O)CCC(C)(C)CCN)c1ccncc1. The Kier molecular flexibility index (Phi) is 5.96. The molecule has 1 aromatic heterocycles. The third-order valence-electron chi connectivity index (χ3n) is 3.43. The Labute approximate surface area is 116 Å². The van der Waals surface area contributed by atoms with Crippen molar-refractivity contribution in [2.24, 2.45) is 11.1 Å². The number of carbonyl (C=O) groups excluding carboxylic acids is 1. The van der Waals surface area contributed by atoms with E-state index in [4.69, 9.17) is 5.73 Å². The minimum Gasteiger partial charge on any atom is -0.330 e. The van der Waals surface area contributed by atoms with Gasteiger partial charge in [0.1, 0.15) is 0 Å². The molecular formula is C15H25N3O. The van der Waals surface area contributed by atoms with Crippen molar-refractivity contribution < 1.29 is 4.79 Å². The van der Waals surface area contributed by atoms with Crippen molar-refractivity contribution in [1.29, 1.82) is 0 Å². The van der Waals surface area contributed by atoms with Crippen LogP contribution in [0.1, 0.15) is 40.0 Å². The fourth-order valence-corrected chi connectivity index (χ4v) is 2.12. The molecule has 0 radical (unpaired) electrons. The quantitative estimate of drug-likeness (QED) is 0.822. The maximum atomic E-state index is 12.3. The molecule has 0 bridgehead atoms. The lowest BCUT2D eigenvalue weighted by Gasteiger charge is -2.26. The van der Waals surface area contributed by atoms with Gasteiger partial charge in [-0.05, 0) is 43.9 Å². The van der Waals surface area contributed by atoms with Crippen LogP contribution in [-0.4, -0.2) is 24.0 Å². The van der Waals surface area contributed by atoms with Crippen LogP contribution in [0.3, 0.4) is 0 Å². The van der Waals surface area contributed by atoms with E-state index in [1.165, 1.54) is 0 Å². The maximum Gasteiger partial charge on any atom is 0.226 e. The summed E-state index contributed by atoms with van der Waals surface area (Å²) in [7, 11) is 0. The summed E-state index contributed by atoms with van der Waals surface area (Å²) in [5.74, 6) is 0.166. The summed E-state index contributed by atoms with van der Waals surface area (Å²) in [5, 5.41) is 0. The lowest BCUT2D eigenvalue weighted by Crippen LogP contribution is -2.31. The number of rotatable bonds is 7. The Morgan fingerprint density at radius 2 is 1.95 bits per heavy atom. The van der Waals surface area contributed by atoms with E-state index in [1.807, 2.05) is 19.1 Å². The predicted octanol–water partition coefficient (Wildman–Crippen LogP) is 2.59. The lowest BCUT2D eigenvalue weighted by atomic mass is 9.84. The van der Waals surface area contributed by atoms with Gasteiger partial charge < -0.3 is 10.6 Å². The number of nitrogens with two attached hydrogens (primary N) is 1. The zero-order valence-electron chi connectivity index (χ0n) is 12.2. The largest absolute Gasteiger partial charge is 0.330 e. The van der Waals surface area contributed by atoms with Gasteiger partial charge in [-0.3, -0.25) is 9.78 Å². The number of aromatic nitrogens is 1. The van der Waals surface area contributed by atoms with Gasteiger partial charge in [-0.25, -0.2) is 0 Å². The van der Waals surface area contributed by atoms with Crippen LogP contribution in [0.5, 0.6) is 0 Å². The van der Waals surface area contributed by atoms with Gasteiger partial charge in [-0.2, -0.15) is 0 Å². The summed E-state index contributed by atoms with van der Waals surface area (Å²) in [6, 6.07) is 3.73. The Bertz CT molecular complexity index is 390. The smallest absolute Gasteiger partial charge is 0.226 e. The standard InChI is InChI=1S/C15H25N3O/c1-4-18(13-6-11-17-12-7-13)14(19)5-8-15(2,3)9-10-16/h6-7,11-12H,4-5,8-10,16H2,1-3H3. The van der Waals surface area contributed by atoms with Crippen LogP contribution < -0.4 is 10.6 Å². The molecule has 0 aliphatic rings. The first-order valence-corrected chi connectivity index (χ1v) is 6.90. The summed E-state index contributed by atoms with van der Waals surface area (Å²) < 4.78 is 0. The number of amides is 1. The second-order valence-corrected chi connectivity index (χ2v) is 5.55. The van der Waals surface area contributed by atoms with E-state index >= 15 is 0 Å². The molecular weight excluding hydrogens is 238 g/mol. The van der Waals surface area contributed by atoms with Crippen LogP contribution in [0.4, 0.5) is 5.69 Å². The molecule has 4 nitrogen and oxygen atoms in total. The topological polar surface area (TPSA) is 59.2 Å². The van der Waals surface area contributed by atoms with Crippen molar-refractivity contribution in [3.8, 4) is 0 Å². The Balaban J connectivity index is 2.61. The molecule has 0 aliphatic carbocycles. The molecule has 0 saturated carbocycles. The number of carbonyl (C=O) groups is 1. The van der Waals surface area contributed by atoms with E-state index < -0.39 is 0 Å². The minimum atomic E-state index is 0.127. The van der Waals surface area contributed by atoms with E-state index in [0.717, 1.165) is 18.5 Å². The molecule has 106 valence electrons. The summed E-state index contributed by atoms with van der Waals surface area (Å²) in [4.78, 5) is 18.1. The maximum absolute atomic E-state index is 12.3. The highest BCUT2D eigenvalue weighted by Gasteiger charge is 2.21. The van der Waals surface area contributed by atoms with Crippen LogP contribution in [0, 0.1) is 5.41 Å². The Morgan fingerprint density at radius 3 is 2.47 bits per heavy atom. The number of anilines is 1. The van der Waals surface area contributed by atoms with Gasteiger partial charge in [-0.15, -0.1) is 0 Å². The molecule has 1 aromatic rings. The van der Waals surface area contributed by atoms with Crippen molar-refractivity contribution in [1.82, 2.24) is 4.98 Å². The summed E-state index contributed by atoms with van der Waals surface area (Å²) in [6.45, 7) is 7.66. The molecule has 0 fully saturated rings. The predicted molar refractivity (Wildman–Crippen MR) is 79.0 cm³/mol. The van der Waals surface area contributed by atoms with Crippen molar-refractivity contribution >= 4 is 11.6 Å². The molecule has 0 unspecified atom stereocenters. The molecule has 1 rings (SSSR count). The van der Waals surface area contributed by atoms with E-state index in [-0.39, 0.29) is 11.3 Å². The zero-order valence-corrected chi connectivity index (χ0v) is 12.2. The normalized spacial score (nSPS) is 11.4. The lowest BCUT2D eigenvalue weighted by molar-refractivity contribution is -0.119. The number of pyridine rings is 1. The zero-order chi connectivity index (χ0) is 14.3. The van der Waals surface area contributed by atoms with Crippen LogP contribution in [0.25, 0.3) is 0 Å². The van der Waals surface area contributed by atoms with E-state index in [9.17, 15) is 4.79 Å². The molecule has 19 heavy (non-hydrogen) atoms. The highest BCUT2D eigenvalue weighted by atomic mass is 16.2. The van der Waals surface area contributed by atoms with Gasteiger partial charge in [0.2, 0.25) is 5.91 Å². The third-order valence-corrected chi connectivity index (χ3v) is 3.43. The molecule has 0 aliphatic heterocycles. The van der Waals surface area contributed by atoms with Gasteiger partial charge in [0.15, 0.2) is 0 Å². The second kappa shape index (κ2) is 7.24. The fraction of sp³-hybridized carbons (Fsp3) is 0.600. The monoisotopic (exact) mass is 263 g/mol. The van der Waals surface area contributed by atoms with Gasteiger partial charge in [0.05, 0.1) is 0 Å². The highest BCUT2D eigenvalue weighted by Crippen LogP contribution is 2.27. The number of hydrogen-bond acceptors (Lipinski definition) is 3. The first kappa shape index (κ1) is 15.6. The Hall–Kier alpha value is -1.42. The summed E-state index contributed by atoms with van der Waals surface area (Å²) in [6.07, 6.45) is 5.79. The fourth-order valence-electron chi connectivity index (χ4n) is 2.12. The van der Waals surface area contributed by atoms with E-state index in [2.05, 4.69) is 18.8 Å². The van der Waals surface area contributed by atoms with Gasteiger partial charge in [0.25, 0.3) is 0 Å². The van der Waals surface area contributed by atoms with E-state index in [0.29, 0.717) is 19.5 Å². The average molecular weight is 263 g/mol. The van der Waals surface area contributed by atoms with Crippen molar-refractivity contribution in [2.45, 2.75) is 40.0 Å². The molecule has 0 spiro atoms. The van der Waals surface area contributed by atoms with Crippen LogP contribution >= 0.6 is 0 Å². The molecule has 2 N–H and O–H groups in total. The first-order chi connectivity index (χ1) is 9.00. The van der Waals surface area contributed by atoms with Crippen LogP contribution in [0.15, 0.2) is 24.5 Å². The molecule has 4 heteroatoms. The van der Waals surface area contributed by atoms with Gasteiger partial charge in [0, 0.05) is 31.0 Å². The average Bonchev–Trinajstić information content (AvgIpc) is 2.39. The van der Waals surface area contributed by atoms with Crippen molar-refractivity contribution in [3.63, 3.8) is 0 Å². The number of nitrogens with zero attached hydrogens (tertiary/aromatic N) is 2. The van der Waals surface area contributed by atoms with Crippen molar-refractivity contribution in [2.75, 3.05) is 18.0 Å². The van der Waals surface area contributed by atoms with Gasteiger partial charge in [-0.1, -0.05) is 13.8 Å². The molecule has 0 atom stereocenters. The first-order valence-electron chi connectivity index (χ1n) is 6.90. The van der Waals surface area contributed by atoms with Gasteiger partial charge >= 0.3 is 0 Å². The molecule has 1 amide bonds.